The Balaban J connectivity index is 2.16. The molecule has 0 fully saturated rings. The van der Waals surface area contributed by atoms with Crippen LogP contribution in [0, 0.1) is 0 Å². The van der Waals surface area contributed by atoms with Crippen molar-refractivity contribution in [1.29, 1.82) is 0 Å². The molecule has 0 unspecified atom stereocenters. The van der Waals surface area contributed by atoms with Gasteiger partial charge in [-0.05, 0) is 12.1 Å². The van der Waals surface area contributed by atoms with Crippen LogP contribution >= 0.6 is 0 Å². The largest absolute Gasteiger partial charge is 0.477 e. The Kier molecular flexibility index (Phi) is 4.34. The number of nitrogens with zero attached hydrogens (tertiary/aromatic N) is 4. The van der Waals surface area contributed by atoms with E-state index in [1.807, 2.05) is 0 Å². The molecule has 0 radical (unpaired) electrons. The van der Waals surface area contributed by atoms with Crippen molar-refractivity contribution in [2.24, 2.45) is 0 Å². The van der Waals surface area contributed by atoms with Crippen molar-refractivity contribution in [2.75, 3.05) is 11.9 Å². The number of hydrogen-bond acceptors (Lipinski definition) is 4. The minimum atomic E-state index is -4.34. The van der Waals surface area contributed by atoms with Crippen LogP contribution in [0.2, 0.25) is 0 Å². The fourth-order valence-corrected chi connectivity index (χ4v) is 1.88. The molecule has 0 saturated carbocycles. The molecule has 9 heteroatoms. The Morgan fingerprint density at radius 1 is 1.41 bits per heavy atom. The van der Waals surface area contributed by atoms with E-state index in [1.54, 1.807) is 13.1 Å². The number of carbonyl (C=O) groups is 1. The summed E-state index contributed by atoms with van der Waals surface area (Å²) in [4.78, 5) is 20.2. The first-order valence-corrected chi connectivity index (χ1v) is 6.24. The van der Waals surface area contributed by atoms with Crippen LogP contribution in [0.25, 0.3) is 0 Å². The molecule has 0 spiro atoms. The number of halogens is 3. The Bertz CT molecular complexity index is 669. The van der Waals surface area contributed by atoms with Gasteiger partial charge in [0.25, 0.3) is 0 Å². The summed E-state index contributed by atoms with van der Waals surface area (Å²) in [6.45, 7) is -1.06. The first-order valence-electron chi connectivity index (χ1n) is 6.24. The first kappa shape index (κ1) is 15.8. The lowest BCUT2D eigenvalue weighted by Gasteiger charge is -2.19. The number of imidazole rings is 1. The van der Waals surface area contributed by atoms with Crippen LogP contribution in [0.1, 0.15) is 16.3 Å². The summed E-state index contributed by atoms with van der Waals surface area (Å²) in [6, 6.07) is 4.43. The fourth-order valence-electron chi connectivity index (χ4n) is 1.88. The topological polar surface area (TPSA) is 71.2 Å². The summed E-state index contributed by atoms with van der Waals surface area (Å²) >= 11 is 0. The molecule has 0 bridgehead atoms. The normalized spacial score (nSPS) is 11.5. The van der Waals surface area contributed by atoms with Gasteiger partial charge in [-0.25, -0.2) is 14.8 Å². The lowest BCUT2D eigenvalue weighted by molar-refractivity contribution is -0.141. The van der Waals surface area contributed by atoms with Crippen LogP contribution in [0.4, 0.5) is 19.0 Å². The van der Waals surface area contributed by atoms with E-state index < -0.39 is 18.7 Å². The molecule has 0 amide bonds. The molecule has 0 aliphatic rings. The zero-order valence-electron chi connectivity index (χ0n) is 11.6. The third-order valence-corrected chi connectivity index (χ3v) is 2.87. The van der Waals surface area contributed by atoms with Crippen molar-refractivity contribution in [3.8, 4) is 0 Å². The third-order valence-electron chi connectivity index (χ3n) is 2.87. The van der Waals surface area contributed by atoms with Crippen LogP contribution < -0.4 is 4.90 Å². The number of alkyl halides is 3. The van der Waals surface area contributed by atoms with E-state index >= 15 is 0 Å². The molecule has 2 aromatic heterocycles. The number of carboxylic acid groups (broad SMARTS) is 1. The standard InChI is InChI=1S/C13H13F3N4O2/c1-19(10-4-2-3-9(18-10)12(21)22)7-11-17-5-6-20(11)8-13(14,15)16/h2-6H,7-8H2,1H3,(H,21,22). The number of carboxylic acids is 1. The van der Waals surface area contributed by atoms with E-state index in [0.717, 1.165) is 4.57 Å². The van der Waals surface area contributed by atoms with Gasteiger partial charge in [-0.1, -0.05) is 6.07 Å². The molecule has 1 N–H and O–H groups in total. The summed E-state index contributed by atoms with van der Waals surface area (Å²) in [7, 11) is 1.60. The molecule has 118 valence electrons. The average molecular weight is 314 g/mol. The second-order valence-corrected chi connectivity index (χ2v) is 4.63. The number of pyridine rings is 1. The number of aromatic nitrogens is 3. The maximum Gasteiger partial charge on any atom is 0.406 e. The molecule has 6 nitrogen and oxygen atoms in total. The maximum atomic E-state index is 12.5. The number of rotatable bonds is 5. The Hall–Kier alpha value is -2.58. The molecular weight excluding hydrogens is 301 g/mol. The van der Waals surface area contributed by atoms with Gasteiger partial charge in [0.1, 0.15) is 18.2 Å². The van der Waals surface area contributed by atoms with Gasteiger partial charge in [0.15, 0.2) is 5.69 Å². The SMILES string of the molecule is CN(Cc1nccn1CC(F)(F)F)c1cccc(C(=O)O)n1. The van der Waals surface area contributed by atoms with Crippen LogP contribution in [0.3, 0.4) is 0 Å². The lowest BCUT2D eigenvalue weighted by Crippen LogP contribution is -2.24. The summed E-state index contributed by atoms with van der Waals surface area (Å²) in [6.07, 6.45) is -1.80. The highest BCUT2D eigenvalue weighted by Gasteiger charge is 2.29. The van der Waals surface area contributed by atoms with E-state index in [4.69, 9.17) is 5.11 Å². The minimum Gasteiger partial charge on any atom is -0.477 e. The van der Waals surface area contributed by atoms with E-state index in [2.05, 4.69) is 9.97 Å². The minimum absolute atomic E-state index is 0.0686. The molecule has 22 heavy (non-hydrogen) atoms. The van der Waals surface area contributed by atoms with Crippen LogP contribution in [-0.2, 0) is 13.1 Å². The fraction of sp³-hybridized carbons (Fsp3) is 0.308. The average Bonchev–Trinajstić information content (AvgIpc) is 2.84. The van der Waals surface area contributed by atoms with E-state index in [9.17, 15) is 18.0 Å². The van der Waals surface area contributed by atoms with Crippen molar-refractivity contribution in [2.45, 2.75) is 19.3 Å². The lowest BCUT2D eigenvalue weighted by atomic mass is 10.3. The quantitative estimate of drug-likeness (QED) is 0.916. The van der Waals surface area contributed by atoms with Crippen molar-refractivity contribution < 1.29 is 23.1 Å². The summed E-state index contributed by atoms with van der Waals surface area (Å²) in [5, 5.41) is 8.90. The van der Waals surface area contributed by atoms with Crippen molar-refractivity contribution in [3.05, 3.63) is 42.1 Å². The summed E-state index contributed by atoms with van der Waals surface area (Å²) in [5.41, 5.74) is -0.136. The monoisotopic (exact) mass is 314 g/mol. The molecule has 2 rings (SSSR count). The van der Waals surface area contributed by atoms with Gasteiger partial charge in [0.05, 0.1) is 6.54 Å². The Labute approximate surface area is 123 Å². The van der Waals surface area contributed by atoms with E-state index in [0.29, 0.717) is 5.82 Å². The van der Waals surface area contributed by atoms with Crippen LogP contribution in [0.15, 0.2) is 30.6 Å². The highest BCUT2D eigenvalue weighted by Crippen LogP contribution is 2.19. The highest BCUT2D eigenvalue weighted by atomic mass is 19.4. The molecule has 0 aliphatic carbocycles. The zero-order valence-corrected chi connectivity index (χ0v) is 11.6. The van der Waals surface area contributed by atoms with Crippen LogP contribution in [0.5, 0.6) is 0 Å². The van der Waals surface area contributed by atoms with E-state index in [-0.39, 0.29) is 18.1 Å². The molecule has 0 aliphatic heterocycles. The summed E-state index contributed by atoms with van der Waals surface area (Å²) < 4.78 is 38.4. The van der Waals surface area contributed by atoms with E-state index in [1.165, 1.54) is 29.4 Å². The number of hydrogen-bond donors (Lipinski definition) is 1. The maximum absolute atomic E-state index is 12.5. The van der Waals surface area contributed by atoms with Gasteiger partial charge >= 0.3 is 12.1 Å². The predicted molar refractivity (Wildman–Crippen MR) is 71.6 cm³/mol. The van der Waals surface area contributed by atoms with Crippen molar-refractivity contribution in [1.82, 2.24) is 14.5 Å². The van der Waals surface area contributed by atoms with Gasteiger partial charge in [-0.2, -0.15) is 13.2 Å². The van der Waals surface area contributed by atoms with Gasteiger partial charge in [-0.3, -0.25) is 0 Å². The molecule has 0 atom stereocenters. The molecule has 0 aromatic carbocycles. The van der Waals surface area contributed by atoms with Crippen molar-refractivity contribution in [3.63, 3.8) is 0 Å². The third kappa shape index (κ3) is 3.96. The Morgan fingerprint density at radius 3 is 2.77 bits per heavy atom. The second-order valence-electron chi connectivity index (χ2n) is 4.63. The summed E-state index contributed by atoms with van der Waals surface area (Å²) in [5.74, 6) is -0.627. The van der Waals surface area contributed by atoms with Gasteiger partial charge < -0.3 is 14.6 Å². The zero-order chi connectivity index (χ0) is 16.3. The van der Waals surface area contributed by atoms with Crippen LogP contribution in [-0.4, -0.2) is 38.8 Å². The molecule has 2 aromatic rings. The smallest absolute Gasteiger partial charge is 0.406 e. The number of anilines is 1. The van der Waals surface area contributed by atoms with Gasteiger partial charge in [0, 0.05) is 19.4 Å². The van der Waals surface area contributed by atoms with Gasteiger partial charge in [-0.15, -0.1) is 0 Å². The molecular formula is C13H13F3N4O2. The predicted octanol–water partition coefficient (Wildman–Crippen LogP) is 2.18. The molecule has 0 saturated heterocycles. The van der Waals surface area contributed by atoms with Crippen molar-refractivity contribution >= 4 is 11.8 Å². The second kappa shape index (κ2) is 6.04. The highest BCUT2D eigenvalue weighted by molar-refractivity contribution is 5.85. The Morgan fingerprint density at radius 2 is 2.14 bits per heavy atom. The first-order chi connectivity index (χ1) is 10.3. The molecule has 2 heterocycles. The number of aromatic carboxylic acids is 1. The van der Waals surface area contributed by atoms with Gasteiger partial charge in [0.2, 0.25) is 0 Å².